The molecule has 0 heterocycles. The largest absolute Gasteiger partial charge is 0.480 e. The number of carbonyl (C=O) groups is 2. The van der Waals surface area contributed by atoms with E-state index < -0.39 is 11.5 Å². The van der Waals surface area contributed by atoms with Crippen molar-refractivity contribution < 1.29 is 14.7 Å². The van der Waals surface area contributed by atoms with E-state index in [9.17, 15) is 9.59 Å². The van der Waals surface area contributed by atoms with Gasteiger partial charge in [0.05, 0.1) is 0 Å². The highest BCUT2D eigenvalue weighted by Crippen LogP contribution is 2.32. The van der Waals surface area contributed by atoms with Crippen LogP contribution in [-0.4, -0.2) is 41.1 Å². The molecule has 0 radical (unpaired) electrons. The number of hydrogen-bond acceptors (Lipinski definition) is 2. The molecule has 0 aromatic carbocycles. The zero-order chi connectivity index (χ0) is 12.3. The van der Waals surface area contributed by atoms with E-state index in [1.807, 2.05) is 13.8 Å². The van der Waals surface area contributed by atoms with Gasteiger partial charge in [-0.25, -0.2) is 9.59 Å². The second-order valence-electron chi connectivity index (χ2n) is 4.95. The van der Waals surface area contributed by atoms with Crippen molar-refractivity contribution in [3.63, 3.8) is 0 Å². The predicted molar refractivity (Wildman–Crippen MR) is 60.2 cm³/mol. The summed E-state index contributed by atoms with van der Waals surface area (Å²) in [5.74, 6) is -0.553. The van der Waals surface area contributed by atoms with Gasteiger partial charge in [-0.3, -0.25) is 0 Å². The Morgan fingerprint density at radius 1 is 1.44 bits per heavy atom. The number of nitrogens with zero attached hydrogens (tertiary/aromatic N) is 1. The lowest BCUT2D eigenvalue weighted by Crippen LogP contribution is -2.61. The van der Waals surface area contributed by atoms with E-state index in [1.54, 1.807) is 7.05 Å². The number of nitrogens with one attached hydrogen (secondary N) is 1. The molecule has 0 bridgehead atoms. The maximum atomic E-state index is 11.7. The minimum atomic E-state index is -1.01. The Hall–Kier alpha value is -1.26. The summed E-state index contributed by atoms with van der Waals surface area (Å²) >= 11 is 0. The summed E-state index contributed by atoms with van der Waals surface area (Å²) in [6, 6.07) is -0.296. The number of hydrogen-bond donors (Lipinski definition) is 2. The second kappa shape index (κ2) is 4.72. The summed E-state index contributed by atoms with van der Waals surface area (Å²) in [4.78, 5) is 24.3. The summed E-state index contributed by atoms with van der Waals surface area (Å²) in [6.07, 6.45) is 1.92. The number of carbonyl (C=O) groups excluding carboxylic acids is 1. The van der Waals surface area contributed by atoms with Crippen LogP contribution in [0.25, 0.3) is 0 Å². The van der Waals surface area contributed by atoms with Gasteiger partial charge in [0, 0.05) is 13.6 Å². The molecule has 1 aliphatic carbocycles. The standard InChI is InChI=1S/C11H20N2O3/c1-8(2)7-13(3)10(16)12-11(9(14)15)5-4-6-11/h8H,4-7H2,1-3H3,(H,12,16)(H,14,15). The Balaban J connectivity index is 2.53. The second-order valence-corrected chi connectivity index (χ2v) is 4.95. The van der Waals surface area contributed by atoms with Crippen LogP contribution in [0, 0.1) is 5.92 Å². The molecule has 0 aliphatic heterocycles. The average molecular weight is 228 g/mol. The minimum absolute atomic E-state index is 0.296. The molecule has 2 N–H and O–H groups in total. The van der Waals surface area contributed by atoms with Crippen LogP contribution in [0.3, 0.4) is 0 Å². The van der Waals surface area contributed by atoms with Crippen LogP contribution in [-0.2, 0) is 4.79 Å². The van der Waals surface area contributed by atoms with Gasteiger partial charge in [-0.2, -0.15) is 0 Å². The van der Waals surface area contributed by atoms with Crippen LogP contribution < -0.4 is 5.32 Å². The monoisotopic (exact) mass is 228 g/mol. The van der Waals surface area contributed by atoms with Gasteiger partial charge in [-0.05, 0) is 25.2 Å². The summed E-state index contributed by atoms with van der Waals surface area (Å²) in [5.41, 5.74) is -1.01. The number of carboxylic acids is 1. The Labute approximate surface area is 95.8 Å². The van der Waals surface area contributed by atoms with Crippen LogP contribution in [0.1, 0.15) is 33.1 Å². The first-order valence-electron chi connectivity index (χ1n) is 5.64. The van der Waals surface area contributed by atoms with E-state index in [0.717, 1.165) is 6.42 Å². The molecular weight excluding hydrogens is 208 g/mol. The van der Waals surface area contributed by atoms with Gasteiger partial charge >= 0.3 is 12.0 Å². The van der Waals surface area contributed by atoms with E-state index >= 15 is 0 Å². The van der Waals surface area contributed by atoms with Crippen molar-refractivity contribution in [3.05, 3.63) is 0 Å². The van der Waals surface area contributed by atoms with E-state index in [1.165, 1.54) is 4.90 Å². The number of amides is 2. The summed E-state index contributed by atoms with van der Waals surface area (Å²) < 4.78 is 0. The normalized spacial score (nSPS) is 17.8. The lowest BCUT2D eigenvalue weighted by molar-refractivity contribution is -0.148. The van der Waals surface area contributed by atoms with Gasteiger partial charge < -0.3 is 15.3 Å². The average Bonchev–Trinajstić information content (AvgIpc) is 2.08. The van der Waals surface area contributed by atoms with Crippen molar-refractivity contribution in [2.75, 3.05) is 13.6 Å². The third-order valence-electron chi connectivity index (χ3n) is 2.95. The van der Waals surface area contributed by atoms with Gasteiger partial charge in [0.25, 0.3) is 0 Å². The lowest BCUT2D eigenvalue weighted by atomic mass is 9.77. The summed E-state index contributed by atoms with van der Waals surface area (Å²) in [6.45, 7) is 4.65. The molecule has 16 heavy (non-hydrogen) atoms. The smallest absolute Gasteiger partial charge is 0.329 e. The molecule has 2 amide bonds. The summed E-state index contributed by atoms with van der Waals surface area (Å²) in [7, 11) is 1.68. The van der Waals surface area contributed by atoms with Gasteiger partial charge in [0.15, 0.2) is 0 Å². The molecule has 0 atom stereocenters. The maximum absolute atomic E-state index is 11.7. The van der Waals surface area contributed by atoms with Crippen molar-refractivity contribution in [1.82, 2.24) is 10.2 Å². The molecule has 1 aliphatic rings. The topological polar surface area (TPSA) is 69.6 Å². The van der Waals surface area contributed by atoms with E-state index in [2.05, 4.69) is 5.32 Å². The third kappa shape index (κ3) is 2.65. The zero-order valence-electron chi connectivity index (χ0n) is 10.1. The third-order valence-corrected chi connectivity index (χ3v) is 2.95. The van der Waals surface area contributed by atoms with E-state index in [4.69, 9.17) is 5.11 Å². The van der Waals surface area contributed by atoms with Gasteiger partial charge in [0.2, 0.25) is 0 Å². The SMILES string of the molecule is CC(C)CN(C)C(=O)NC1(C(=O)O)CCC1. The molecule has 5 nitrogen and oxygen atoms in total. The number of rotatable bonds is 4. The Bertz CT molecular complexity index is 285. The molecule has 92 valence electrons. The van der Waals surface area contributed by atoms with E-state index in [-0.39, 0.29) is 6.03 Å². The molecule has 1 rings (SSSR count). The van der Waals surface area contributed by atoms with Crippen molar-refractivity contribution in [2.45, 2.75) is 38.6 Å². The highest BCUT2D eigenvalue weighted by molar-refractivity contribution is 5.87. The fourth-order valence-electron chi connectivity index (χ4n) is 1.85. The van der Waals surface area contributed by atoms with E-state index in [0.29, 0.717) is 25.3 Å². The van der Waals surface area contributed by atoms with Gasteiger partial charge in [0.1, 0.15) is 5.54 Å². The molecule has 1 saturated carbocycles. The zero-order valence-corrected chi connectivity index (χ0v) is 10.1. The highest BCUT2D eigenvalue weighted by atomic mass is 16.4. The molecule has 0 saturated heterocycles. The fourth-order valence-corrected chi connectivity index (χ4v) is 1.85. The van der Waals surface area contributed by atoms with Crippen molar-refractivity contribution >= 4 is 12.0 Å². The molecule has 0 aromatic heterocycles. The Morgan fingerprint density at radius 3 is 2.31 bits per heavy atom. The van der Waals surface area contributed by atoms with Crippen LogP contribution >= 0.6 is 0 Å². The highest BCUT2D eigenvalue weighted by Gasteiger charge is 2.46. The number of urea groups is 1. The molecule has 0 aromatic rings. The fraction of sp³-hybridized carbons (Fsp3) is 0.818. The Morgan fingerprint density at radius 2 is 2.00 bits per heavy atom. The molecular formula is C11H20N2O3. The molecule has 1 fully saturated rings. The number of carboxylic acid groups (broad SMARTS) is 1. The molecule has 0 unspecified atom stereocenters. The lowest BCUT2D eigenvalue weighted by Gasteiger charge is -2.39. The maximum Gasteiger partial charge on any atom is 0.329 e. The van der Waals surface area contributed by atoms with Crippen LogP contribution in [0.2, 0.25) is 0 Å². The van der Waals surface area contributed by atoms with Crippen molar-refractivity contribution in [1.29, 1.82) is 0 Å². The number of aliphatic carboxylic acids is 1. The molecule has 0 spiro atoms. The first kappa shape index (κ1) is 12.8. The van der Waals surface area contributed by atoms with Crippen LogP contribution in [0.5, 0.6) is 0 Å². The van der Waals surface area contributed by atoms with Gasteiger partial charge in [-0.15, -0.1) is 0 Å². The summed E-state index contributed by atoms with van der Waals surface area (Å²) in [5, 5.41) is 11.7. The van der Waals surface area contributed by atoms with Crippen LogP contribution in [0.15, 0.2) is 0 Å². The Kier molecular flexibility index (Phi) is 3.78. The van der Waals surface area contributed by atoms with Crippen LogP contribution in [0.4, 0.5) is 4.79 Å². The first-order valence-corrected chi connectivity index (χ1v) is 5.64. The predicted octanol–water partition coefficient (Wildman–Crippen LogP) is 1.29. The molecule has 5 heteroatoms. The first-order chi connectivity index (χ1) is 7.37. The van der Waals surface area contributed by atoms with Gasteiger partial charge in [-0.1, -0.05) is 13.8 Å². The van der Waals surface area contributed by atoms with Crippen molar-refractivity contribution in [2.24, 2.45) is 5.92 Å². The van der Waals surface area contributed by atoms with Crippen molar-refractivity contribution in [3.8, 4) is 0 Å². The minimum Gasteiger partial charge on any atom is -0.480 e. The quantitative estimate of drug-likeness (QED) is 0.761.